The van der Waals surface area contributed by atoms with Gasteiger partial charge in [0.2, 0.25) is 0 Å². The van der Waals surface area contributed by atoms with Crippen LogP contribution in [-0.2, 0) is 11.0 Å². The molecule has 8 nitrogen and oxygen atoms in total. The molecule has 0 spiro atoms. The smallest absolute Gasteiger partial charge is 0.417 e. The van der Waals surface area contributed by atoms with Crippen LogP contribution in [-0.4, -0.2) is 52.7 Å². The third kappa shape index (κ3) is 4.12. The molecular formula is C20H12ClF5N4O4S. The molecule has 1 saturated heterocycles. The van der Waals surface area contributed by atoms with Gasteiger partial charge in [-0.3, -0.25) is 9.69 Å². The Hall–Kier alpha value is -3.52. The van der Waals surface area contributed by atoms with Crippen molar-refractivity contribution in [2.75, 3.05) is 23.4 Å². The molecule has 1 atom stereocenters. The van der Waals surface area contributed by atoms with E-state index >= 15 is 0 Å². The summed E-state index contributed by atoms with van der Waals surface area (Å²) in [5.41, 5.74) is -1.64. The first-order valence-electron chi connectivity index (χ1n) is 9.53. The zero-order chi connectivity index (χ0) is 25.8. The molecule has 0 saturated carbocycles. The second-order valence-corrected chi connectivity index (χ2v) is 8.59. The van der Waals surface area contributed by atoms with Crippen molar-refractivity contribution >= 4 is 62.7 Å². The van der Waals surface area contributed by atoms with Crippen LogP contribution in [0.4, 0.5) is 43.0 Å². The summed E-state index contributed by atoms with van der Waals surface area (Å²) < 4.78 is 69.1. The van der Waals surface area contributed by atoms with E-state index in [1.165, 1.54) is 11.4 Å². The zero-order valence-corrected chi connectivity index (χ0v) is 18.9. The highest BCUT2D eigenvalue weighted by Crippen LogP contribution is 2.39. The lowest BCUT2D eigenvalue weighted by molar-refractivity contribution is -0.136. The average Bonchev–Trinajstić information content (AvgIpc) is 3.39. The lowest BCUT2D eigenvalue weighted by atomic mass is 10.1. The molecule has 1 aromatic carbocycles. The first kappa shape index (κ1) is 24.6. The van der Waals surface area contributed by atoms with Crippen LogP contribution in [0.3, 0.4) is 0 Å². The molecule has 15 heteroatoms. The van der Waals surface area contributed by atoms with Crippen molar-refractivity contribution in [1.29, 1.82) is 0 Å². The number of imide groups is 1. The van der Waals surface area contributed by atoms with Gasteiger partial charge in [0.05, 0.1) is 17.8 Å². The summed E-state index contributed by atoms with van der Waals surface area (Å²) in [5, 5.41) is 9.58. The topological polar surface area (TPSA) is 94.1 Å². The fourth-order valence-corrected chi connectivity index (χ4v) is 4.56. The number of pyridine rings is 1. The standard InChI is InChI=1S/C20H12ClF5N4O4S/c1-28(11-3-2-10(22)14(21)15(11)23)17(31)12-7-29(19(33)34)18(32)30(12)13-6-9(20(24,25)26)8-4-5-35-16(8)27-13/h2-6,12H,7H2,1H3,(H,33,34)/t12-/m0/s1. The number of aromatic nitrogens is 1. The van der Waals surface area contributed by atoms with E-state index in [2.05, 4.69) is 4.98 Å². The van der Waals surface area contributed by atoms with Crippen LogP contribution in [0, 0.1) is 11.6 Å². The Balaban J connectivity index is 1.82. The van der Waals surface area contributed by atoms with Crippen molar-refractivity contribution in [3.05, 3.63) is 51.9 Å². The molecule has 1 fully saturated rings. The van der Waals surface area contributed by atoms with E-state index in [4.69, 9.17) is 11.6 Å². The molecule has 3 aromatic rings. The molecular weight excluding hydrogens is 523 g/mol. The van der Waals surface area contributed by atoms with Crippen molar-refractivity contribution in [3.63, 3.8) is 0 Å². The predicted octanol–water partition coefficient (Wildman–Crippen LogP) is 5.20. The largest absolute Gasteiger partial charge is 0.465 e. The summed E-state index contributed by atoms with van der Waals surface area (Å²) in [6.45, 7) is -0.778. The molecule has 0 aliphatic carbocycles. The average molecular weight is 535 g/mol. The van der Waals surface area contributed by atoms with Gasteiger partial charge < -0.3 is 10.0 Å². The van der Waals surface area contributed by atoms with Crippen LogP contribution in [0.15, 0.2) is 29.6 Å². The number of nitrogens with zero attached hydrogens (tertiary/aromatic N) is 4. The number of likely N-dealkylation sites (N-methyl/N-ethyl adjacent to an activating group) is 1. The quantitative estimate of drug-likeness (QED) is 0.368. The number of rotatable bonds is 3. The Labute approximate surface area is 201 Å². The summed E-state index contributed by atoms with van der Waals surface area (Å²) in [6.07, 6.45) is -6.61. The lowest BCUT2D eigenvalue weighted by Crippen LogP contribution is -2.47. The Bertz CT molecular complexity index is 1380. The molecule has 0 unspecified atom stereocenters. The van der Waals surface area contributed by atoms with Crippen molar-refractivity contribution in [2.24, 2.45) is 0 Å². The molecule has 1 N–H and O–H groups in total. The number of fused-ring (bicyclic) bond motifs is 1. The summed E-state index contributed by atoms with van der Waals surface area (Å²) in [4.78, 5) is 43.0. The SMILES string of the molecule is CN(C(=O)[C@@H]1CN(C(=O)O)C(=O)N1c1cc(C(F)(F)F)c2ccsc2n1)c1ccc(F)c(Cl)c1F. The number of urea groups is 1. The van der Waals surface area contributed by atoms with Crippen molar-refractivity contribution < 1.29 is 41.4 Å². The van der Waals surface area contributed by atoms with Crippen LogP contribution in [0.1, 0.15) is 5.56 Å². The zero-order valence-electron chi connectivity index (χ0n) is 17.3. The number of amides is 4. The number of carboxylic acid groups (broad SMARTS) is 1. The first-order valence-corrected chi connectivity index (χ1v) is 10.8. The maximum absolute atomic E-state index is 14.5. The van der Waals surface area contributed by atoms with Crippen LogP contribution in [0.2, 0.25) is 5.02 Å². The Kier molecular flexibility index (Phi) is 6.05. The molecule has 4 rings (SSSR count). The number of thiophene rings is 1. The number of anilines is 2. The normalized spacial score (nSPS) is 16.3. The van der Waals surface area contributed by atoms with Gasteiger partial charge in [-0.1, -0.05) is 11.6 Å². The minimum absolute atomic E-state index is 0.104. The van der Waals surface area contributed by atoms with Gasteiger partial charge in [0.25, 0.3) is 5.91 Å². The predicted molar refractivity (Wildman–Crippen MR) is 116 cm³/mol. The maximum atomic E-state index is 14.5. The van der Waals surface area contributed by atoms with Crippen LogP contribution in [0.25, 0.3) is 10.2 Å². The molecule has 184 valence electrons. The number of alkyl halides is 3. The number of carbonyl (C=O) groups is 3. The van der Waals surface area contributed by atoms with Gasteiger partial charge in [-0.2, -0.15) is 13.2 Å². The second kappa shape index (κ2) is 8.61. The number of hydrogen-bond acceptors (Lipinski definition) is 5. The lowest BCUT2D eigenvalue weighted by Gasteiger charge is -2.27. The van der Waals surface area contributed by atoms with Gasteiger partial charge in [0.1, 0.15) is 27.5 Å². The number of halogens is 6. The number of benzene rings is 1. The molecule has 1 aliphatic heterocycles. The van der Waals surface area contributed by atoms with E-state index in [1.807, 2.05) is 0 Å². The molecule has 0 radical (unpaired) electrons. The second-order valence-electron chi connectivity index (χ2n) is 7.32. The summed E-state index contributed by atoms with van der Waals surface area (Å²) in [5.74, 6) is -4.10. The fourth-order valence-electron chi connectivity index (χ4n) is 3.61. The fraction of sp³-hybridized carbons (Fsp3) is 0.200. The maximum Gasteiger partial charge on any atom is 0.417 e. The monoisotopic (exact) mass is 534 g/mol. The summed E-state index contributed by atoms with van der Waals surface area (Å²) in [6, 6.07) is 0.368. The van der Waals surface area contributed by atoms with Crippen molar-refractivity contribution in [1.82, 2.24) is 9.88 Å². The minimum Gasteiger partial charge on any atom is -0.465 e. The molecule has 3 heterocycles. The van der Waals surface area contributed by atoms with Crippen molar-refractivity contribution in [2.45, 2.75) is 12.2 Å². The highest BCUT2D eigenvalue weighted by Gasteiger charge is 2.48. The summed E-state index contributed by atoms with van der Waals surface area (Å²) in [7, 11) is 1.05. The Morgan fingerprint density at radius 3 is 2.57 bits per heavy atom. The Morgan fingerprint density at radius 2 is 1.94 bits per heavy atom. The van der Waals surface area contributed by atoms with Gasteiger partial charge in [0.15, 0.2) is 5.82 Å². The van der Waals surface area contributed by atoms with Gasteiger partial charge in [-0.05, 0) is 29.6 Å². The molecule has 1 aliphatic rings. The van der Waals surface area contributed by atoms with Crippen LogP contribution in [0.5, 0.6) is 0 Å². The number of carbonyl (C=O) groups excluding carboxylic acids is 2. The first-order chi connectivity index (χ1) is 16.3. The third-order valence-corrected chi connectivity index (χ3v) is 6.46. The highest BCUT2D eigenvalue weighted by molar-refractivity contribution is 7.16. The van der Waals surface area contributed by atoms with Crippen molar-refractivity contribution in [3.8, 4) is 0 Å². The summed E-state index contributed by atoms with van der Waals surface area (Å²) >= 11 is 6.40. The molecule has 35 heavy (non-hydrogen) atoms. The highest BCUT2D eigenvalue weighted by atomic mass is 35.5. The van der Waals surface area contributed by atoms with Gasteiger partial charge >= 0.3 is 18.3 Å². The number of hydrogen-bond donors (Lipinski definition) is 1. The molecule has 0 bridgehead atoms. The molecule has 2 aromatic heterocycles. The molecule has 4 amide bonds. The van der Waals surface area contributed by atoms with E-state index in [0.29, 0.717) is 15.9 Å². The van der Waals surface area contributed by atoms with Gasteiger partial charge in [-0.15, -0.1) is 11.3 Å². The van der Waals surface area contributed by atoms with E-state index in [0.717, 1.165) is 30.5 Å². The van der Waals surface area contributed by atoms with E-state index < -0.39 is 70.5 Å². The van der Waals surface area contributed by atoms with Gasteiger partial charge in [0, 0.05) is 12.4 Å². The van der Waals surface area contributed by atoms with Gasteiger partial charge in [-0.25, -0.2) is 28.3 Å². The van der Waals surface area contributed by atoms with Crippen LogP contribution >= 0.6 is 22.9 Å². The van der Waals surface area contributed by atoms with E-state index in [1.54, 1.807) is 0 Å². The van der Waals surface area contributed by atoms with E-state index in [9.17, 15) is 41.4 Å². The van der Waals surface area contributed by atoms with Crippen LogP contribution < -0.4 is 9.80 Å². The Morgan fingerprint density at radius 1 is 1.26 bits per heavy atom. The minimum atomic E-state index is -4.85. The van der Waals surface area contributed by atoms with E-state index in [-0.39, 0.29) is 15.1 Å². The third-order valence-electron chi connectivity index (χ3n) is 5.30.